The molecule has 0 saturated carbocycles. The fourth-order valence-electron chi connectivity index (χ4n) is 1.46. The summed E-state index contributed by atoms with van der Waals surface area (Å²) < 4.78 is 34.2. The monoisotopic (exact) mass is 260 g/mol. The molecule has 0 aromatic heterocycles. The highest BCUT2D eigenvalue weighted by Crippen LogP contribution is 2.32. The molecular formula is C10H12O4S2. The van der Waals surface area contributed by atoms with Crippen LogP contribution in [0, 0.1) is 0 Å². The Hall–Kier alpha value is -0.880. The van der Waals surface area contributed by atoms with Gasteiger partial charge in [0, 0.05) is 11.8 Å². The van der Waals surface area contributed by atoms with E-state index in [4.69, 9.17) is 9.47 Å². The lowest BCUT2D eigenvalue weighted by Crippen LogP contribution is -2.16. The predicted molar refractivity (Wildman–Crippen MR) is 63.3 cm³/mol. The zero-order chi connectivity index (χ0) is 11.6. The van der Waals surface area contributed by atoms with Crippen LogP contribution in [0.4, 0.5) is 0 Å². The molecule has 0 fully saturated rings. The van der Waals surface area contributed by atoms with Gasteiger partial charge in [0.25, 0.3) is 0 Å². The molecule has 0 aliphatic carbocycles. The molecule has 1 aromatic rings. The van der Waals surface area contributed by atoms with E-state index in [0.29, 0.717) is 30.5 Å². The number of hydrogen-bond acceptors (Lipinski definition) is 5. The quantitative estimate of drug-likeness (QED) is 0.829. The van der Waals surface area contributed by atoms with E-state index in [1.54, 1.807) is 6.07 Å². The topological polar surface area (TPSA) is 52.6 Å². The molecule has 16 heavy (non-hydrogen) atoms. The van der Waals surface area contributed by atoms with Gasteiger partial charge in [-0.05, 0) is 12.1 Å². The van der Waals surface area contributed by atoms with Gasteiger partial charge < -0.3 is 9.47 Å². The van der Waals surface area contributed by atoms with Crippen LogP contribution in [0.2, 0.25) is 0 Å². The lowest BCUT2D eigenvalue weighted by Gasteiger charge is -2.18. The summed E-state index contributed by atoms with van der Waals surface area (Å²) in [6, 6.07) is 4.67. The molecule has 4 nitrogen and oxygen atoms in total. The third-order valence-electron chi connectivity index (χ3n) is 2.23. The minimum Gasteiger partial charge on any atom is -0.486 e. The summed E-state index contributed by atoms with van der Waals surface area (Å²) in [5, 5.41) is 0. The maximum absolute atomic E-state index is 11.8. The Morgan fingerprint density at radius 1 is 1.19 bits per heavy atom. The molecule has 0 saturated heterocycles. The lowest BCUT2D eigenvalue weighted by atomic mass is 10.3. The Morgan fingerprint density at radius 3 is 2.56 bits per heavy atom. The van der Waals surface area contributed by atoms with Crippen LogP contribution in [-0.4, -0.2) is 33.1 Å². The third kappa shape index (κ3) is 2.27. The molecular weight excluding hydrogens is 248 g/mol. The van der Waals surface area contributed by atoms with Crippen LogP contribution >= 0.6 is 12.6 Å². The summed E-state index contributed by atoms with van der Waals surface area (Å²) in [4.78, 5) is 0.255. The van der Waals surface area contributed by atoms with Gasteiger partial charge in [-0.1, -0.05) is 0 Å². The summed E-state index contributed by atoms with van der Waals surface area (Å²) in [5.41, 5.74) is 0. The van der Waals surface area contributed by atoms with E-state index in [0.717, 1.165) is 0 Å². The number of ether oxygens (including phenoxy) is 2. The molecule has 0 unspecified atom stereocenters. The first-order valence-corrected chi connectivity index (χ1v) is 7.15. The van der Waals surface area contributed by atoms with Gasteiger partial charge in [-0.15, -0.1) is 0 Å². The summed E-state index contributed by atoms with van der Waals surface area (Å²) >= 11 is 3.93. The molecule has 0 amide bonds. The van der Waals surface area contributed by atoms with E-state index in [9.17, 15) is 8.42 Å². The molecule has 0 atom stereocenters. The van der Waals surface area contributed by atoms with E-state index in [-0.39, 0.29) is 10.6 Å². The molecule has 1 aliphatic rings. The molecule has 6 heteroatoms. The standard InChI is InChI=1S/C10H12O4S2/c11-16(12,6-5-15)8-1-2-9-10(7-8)14-4-3-13-9/h1-2,7,15H,3-6H2. The van der Waals surface area contributed by atoms with Crippen LogP contribution in [0.25, 0.3) is 0 Å². The fraction of sp³-hybridized carbons (Fsp3) is 0.400. The molecule has 1 aliphatic heterocycles. The zero-order valence-electron chi connectivity index (χ0n) is 8.55. The normalized spacial score (nSPS) is 14.8. The average molecular weight is 260 g/mol. The number of thiol groups is 1. The third-order valence-corrected chi connectivity index (χ3v) is 4.47. The van der Waals surface area contributed by atoms with Gasteiger partial charge in [0.1, 0.15) is 13.2 Å². The maximum Gasteiger partial charge on any atom is 0.179 e. The van der Waals surface area contributed by atoms with Crippen molar-refractivity contribution in [2.45, 2.75) is 4.90 Å². The summed E-state index contributed by atoms with van der Waals surface area (Å²) in [7, 11) is -3.26. The summed E-state index contributed by atoms with van der Waals surface area (Å²) in [6.45, 7) is 0.943. The molecule has 1 heterocycles. The minimum absolute atomic E-state index is 0.0236. The van der Waals surface area contributed by atoms with Crippen LogP contribution in [0.15, 0.2) is 23.1 Å². The van der Waals surface area contributed by atoms with Crippen LogP contribution in [0.1, 0.15) is 0 Å². The van der Waals surface area contributed by atoms with Crippen molar-refractivity contribution in [2.75, 3.05) is 24.7 Å². The van der Waals surface area contributed by atoms with E-state index in [1.165, 1.54) is 12.1 Å². The highest BCUT2D eigenvalue weighted by Gasteiger charge is 2.18. The fourth-order valence-corrected chi connectivity index (χ4v) is 3.21. The van der Waals surface area contributed by atoms with Crippen LogP contribution < -0.4 is 9.47 Å². The van der Waals surface area contributed by atoms with Gasteiger partial charge in [-0.25, -0.2) is 8.42 Å². The Balaban J connectivity index is 2.37. The second kappa shape index (κ2) is 4.55. The number of rotatable bonds is 3. The van der Waals surface area contributed by atoms with E-state index >= 15 is 0 Å². The smallest absolute Gasteiger partial charge is 0.179 e. The molecule has 1 aromatic carbocycles. The van der Waals surface area contributed by atoms with Crippen LogP contribution in [0.5, 0.6) is 11.5 Å². The van der Waals surface area contributed by atoms with E-state index in [2.05, 4.69) is 12.6 Å². The van der Waals surface area contributed by atoms with Crippen molar-refractivity contribution in [1.29, 1.82) is 0 Å². The first-order valence-electron chi connectivity index (χ1n) is 4.87. The number of fused-ring (bicyclic) bond motifs is 1. The van der Waals surface area contributed by atoms with Crippen molar-refractivity contribution in [3.63, 3.8) is 0 Å². The van der Waals surface area contributed by atoms with Crippen molar-refractivity contribution in [2.24, 2.45) is 0 Å². The van der Waals surface area contributed by atoms with Gasteiger partial charge >= 0.3 is 0 Å². The second-order valence-corrected chi connectivity index (χ2v) is 5.90. The van der Waals surface area contributed by atoms with Gasteiger partial charge in [0.05, 0.1) is 10.6 Å². The summed E-state index contributed by atoms with van der Waals surface area (Å²) in [5.74, 6) is 1.41. The van der Waals surface area contributed by atoms with Crippen molar-refractivity contribution >= 4 is 22.5 Å². The van der Waals surface area contributed by atoms with Crippen molar-refractivity contribution in [3.05, 3.63) is 18.2 Å². The van der Waals surface area contributed by atoms with Crippen molar-refractivity contribution < 1.29 is 17.9 Å². The molecule has 0 radical (unpaired) electrons. The minimum atomic E-state index is -3.26. The first kappa shape index (κ1) is 11.6. The molecule has 0 N–H and O–H groups in total. The first-order chi connectivity index (χ1) is 7.63. The van der Waals surface area contributed by atoms with Crippen molar-refractivity contribution in [1.82, 2.24) is 0 Å². The maximum atomic E-state index is 11.8. The largest absolute Gasteiger partial charge is 0.486 e. The highest BCUT2D eigenvalue weighted by molar-refractivity contribution is 7.92. The average Bonchev–Trinajstić information content (AvgIpc) is 2.28. The number of hydrogen-bond donors (Lipinski definition) is 1. The molecule has 0 spiro atoms. The molecule has 88 valence electrons. The van der Waals surface area contributed by atoms with E-state index < -0.39 is 9.84 Å². The summed E-state index contributed by atoms with van der Waals surface area (Å²) in [6.07, 6.45) is 0. The predicted octanol–water partition coefficient (Wildman–Crippen LogP) is 1.16. The Morgan fingerprint density at radius 2 is 1.88 bits per heavy atom. The van der Waals surface area contributed by atoms with Crippen LogP contribution in [-0.2, 0) is 9.84 Å². The van der Waals surface area contributed by atoms with E-state index in [1.807, 2.05) is 0 Å². The van der Waals surface area contributed by atoms with Gasteiger partial charge in [0.2, 0.25) is 0 Å². The Bertz CT molecular complexity index is 482. The van der Waals surface area contributed by atoms with Crippen LogP contribution in [0.3, 0.4) is 0 Å². The highest BCUT2D eigenvalue weighted by atomic mass is 32.2. The molecule has 0 bridgehead atoms. The second-order valence-electron chi connectivity index (χ2n) is 3.35. The van der Waals surface area contributed by atoms with Gasteiger partial charge in [-0.3, -0.25) is 0 Å². The number of sulfone groups is 1. The van der Waals surface area contributed by atoms with Gasteiger partial charge in [0.15, 0.2) is 21.3 Å². The lowest BCUT2D eigenvalue weighted by molar-refractivity contribution is 0.171. The van der Waals surface area contributed by atoms with Crippen molar-refractivity contribution in [3.8, 4) is 11.5 Å². The Kier molecular flexibility index (Phi) is 3.30. The number of benzene rings is 1. The molecule has 2 rings (SSSR count). The van der Waals surface area contributed by atoms with Gasteiger partial charge in [-0.2, -0.15) is 12.6 Å². The SMILES string of the molecule is O=S(=O)(CCS)c1ccc2c(c1)OCCO2. The zero-order valence-corrected chi connectivity index (χ0v) is 10.3. The Labute approximate surface area is 99.9 Å².